The fourth-order valence-corrected chi connectivity index (χ4v) is 2.99. The summed E-state index contributed by atoms with van der Waals surface area (Å²) in [6.07, 6.45) is 2.05. The number of amides is 2. The first kappa shape index (κ1) is 16.5. The van der Waals surface area contributed by atoms with E-state index in [-0.39, 0.29) is 18.4 Å². The highest BCUT2D eigenvalue weighted by Crippen LogP contribution is 2.41. The highest BCUT2D eigenvalue weighted by Gasteiger charge is 2.46. The number of nitrogens with one attached hydrogen (secondary N) is 1. The van der Waals surface area contributed by atoms with Crippen molar-refractivity contribution in [3.8, 4) is 6.07 Å². The van der Waals surface area contributed by atoms with Gasteiger partial charge in [-0.2, -0.15) is 5.26 Å². The van der Waals surface area contributed by atoms with Crippen LogP contribution in [0.4, 0.5) is 5.69 Å². The van der Waals surface area contributed by atoms with Crippen LogP contribution in [0.1, 0.15) is 24.8 Å². The second-order valence-corrected chi connectivity index (χ2v) is 6.63. The summed E-state index contributed by atoms with van der Waals surface area (Å²) in [6.45, 7) is 1.84. The van der Waals surface area contributed by atoms with Crippen LogP contribution in [0.25, 0.3) is 0 Å². The van der Waals surface area contributed by atoms with E-state index in [0.717, 1.165) is 16.5 Å². The predicted molar refractivity (Wildman–Crippen MR) is 87.0 cm³/mol. The highest BCUT2D eigenvalue weighted by atomic mass is 79.9. The molecule has 0 saturated heterocycles. The molecule has 1 aliphatic carbocycles. The zero-order chi connectivity index (χ0) is 16.3. The summed E-state index contributed by atoms with van der Waals surface area (Å²) >= 11 is 3.37. The second kappa shape index (κ2) is 6.49. The molecule has 0 aromatic heterocycles. The van der Waals surface area contributed by atoms with Crippen LogP contribution in [0.5, 0.6) is 0 Å². The first-order valence-corrected chi connectivity index (χ1v) is 7.90. The van der Waals surface area contributed by atoms with Gasteiger partial charge in [-0.25, -0.2) is 0 Å². The summed E-state index contributed by atoms with van der Waals surface area (Å²) < 4.78 is 0.941. The molecular weight excluding hydrogens is 346 g/mol. The molecule has 1 aromatic carbocycles. The maximum Gasteiger partial charge on any atom is 0.243 e. The van der Waals surface area contributed by atoms with E-state index >= 15 is 0 Å². The minimum atomic E-state index is -0.914. The molecule has 1 saturated carbocycles. The molecule has 2 amide bonds. The number of benzene rings is 1. The van der Waals surface area contributed by atoms with E-state index in [4.69, 9.17) is 0 Å². The molecule has 1 fully saturated rings. The molecule has 6 heteroatoms. The van der Waals surface area contributed by atoms with E-state index < -0.39 is 5.41 Å². The number of hydrogen-bond acceptors (Lipinski definition) is 3. The van der Waals surface area contributed by atoms with Crippen molar-refractivity contribution in [1.29, 1.82) is 5.26 Å². The lowest BCUT2D eigenvalue weighted by molar-refractivity contribution is -0.143. The van der Waals surface area contributed by atoms with Gasteiger partial charge < -0.3 is 10.2 Å². The van der Waals surface area contributed by atoms with E-state index in [1.807, 2.05) is 25.1 Å². The number of nitriles is 1. The van der Waals surface area contributed by atoms with E-state index in [1.54, 1.807) is 7.05 Å². The Balaban J connectivity index is 1.97. The average molecular weight is 364 g/mol. The minimum Gasteiger partial charge on any atom is -0.335 e. The topological polar surface area (TPSA) is 73.2 Å². The molecule has 1 aromatic rings. The molecule has 0 radical (unpaired) electrons. The summed E-state index contributed by atoms with van der Waals surface area (Å²) in [4.78, 5) is 25.7. The molecule has 0 heterocycles. The van der Waals surface area contributed by atoms with Crippen LogP contribution in [-0.4, -0.2) is 30.3 Å². The Bertz CT molecular complexity index is 647. The second-order valence-electron chi connectivity index (χ2n) is 5.72. The SMILES string of the molecule is Cc1cc(Br)ccc1NC(=O)CN(C)C(=O)C1(C#N)CCC1. The first-order valence-electron chi connectivity index (χ1n) is 7.11. The van der Waals surface area contributed by atoms with Gasteiger partial charge in [-0.15, -0.1) is 0 Å². The van der Waals surface area contributed by atoms with Crippen molar-refractivity contribution in [2.75, 3.05) is 18.9 Å². The summed E-state index contributed by atoms with van der Waals surface area (Å²) in [5.74, 6) is -0.530. The van der Waals surface area contributed by atoms with Crippen LogP contribution in [0.2, 0.25) is 0 Å². The Labute approximate surface area is 138 Å². The summed E-state index contributed by atoms with van der Waals surface area (Å²) in [5, 5.41) is 12.0. The van der Waals surface area contributed by atoms with Gasteiger partial charge in [0.1, 0.15) is 5.41 Å². The number of carbonyl (C=O) groups excluding carboxylic acids is 2. The number of anilines is 1. The van der Waals surface area contributed by atoms with E-state index in [2.05, 4.69) is 27.3 Å². The van der Waals surface area contributed by atoms with Gasteiger partial charge in [0.05, 0.1) is 12.6 Å². The van der Waals surface area contributed by atoms with Crippen molar-refractivity contribution in [1.82, 2.24) is 4.90 Å². The highest BCUT2D eigenvalue weighted by molar-refractivity contribution is 9.10. The van der Waals surface area contributed by atoms with Gasteiger partial charge in [-0.3, -0.25) is 9.59 Å². The molecule has 2 rings (SSSR count). The Morgan fingerprint density at radius 2 is 2.14 bits per heavy atom. The van der Waals surface area contributed by atoms with Gasteiger partial charge in [0.15, 0.2) is 0 Å². The van der Waals surface area contributed by atoms with Crippen molar-refractivity contribution in [2.45, 2.75) is 26.2 Å². The molecule has 0 bridgehead atoms. The molecule has 0 aliphatic heterocycles. The van der Waals surface area contributed by atoms with E-state index in [9.17, 15) is 14.9 Å². The number of nitrogens with zero attached hydrogens (tertiary/aromatic N) is 2. The zero-order valence-electron chi connectivity index (χ0n) is 12.6. The maximum atomic E-state index is 12.3. The van der Waals surface area contributed by atoms with Crippen LogP contribution in [0.15, 0.2) is 22.7 Å². The van der Waals surface area contributed by atoms with Crippen molar-refractivity contribution in [2.24, 2.45) is 5.41 Å². The van der Waals surface area contributed by atoms with Gasteiger partial charge in [0.25, 0.3) is 0 Å². The van der Waals surface area contributed by atoms with Gasteiger partial charge in [-0.05, 0) is 49.9 Å². The van der Waals surface area contributed by atoms with Gasteiger partial charge in [0, 0.05) is 17.2 Å². The van der Waals surface area contributed by atoms with Crippen LogP contribution < -0.4 is 5.32 Å². The lowest BCUT2D eigenvalue weighted by Crippen LogP contribution is -2.47. The van der Waals surface area contributed by atoms with Crippen LogP contribution in [-0.2, 0) is 9.59 Å². The Morgan fingerprint density at radius 3 is 2.64 bits per heavy atom. The maximum absolute atomic E-state index is 12.3. The van der Waals surface area contributed by atoms with E-state index in [0.29, 0.717) is 18.5 Å². The number of carbonyl (C=O) groups is 2. The van der Waals surface area contributed by atoms with Gasteiger partial charge >= 0.3 is 0 Å². The molecule has 0 unspecified atom stereocenters. The molecule has 0 atom stereocenters. The van der Waals surface area contributed by atoms with Crippen LogP contribution >= 0.6 is 15.9 Å². The third-order valence-electron chi connectivity index (χ3n) is 4.02. The summed E-state index contributed by atoms with van der Waals surface area (Å²) in [6, 6.07) is 7.66. The zero-order valence-corrected chi connectivity index (χ0v) is 14.2. The lowest BCUT2D eigenvalue weighted by atomic mass is 9.69. The fraction of sp³-hybridized carbons (Fsp3) is 0.438. The summed E-state index contributed by atoms with van der Waals surface area (Å²) in [7, 11) is 1.56. The monoisotopic (exact) mass is 363 g/mol. The third-order valence-corrected chi connectivity index (χ3v) is 4.51. The molecule has 0 spiro atoms. The molecule has 116 valence electrons. The van der Waals surface area contributed by atoms with Crippen molar-refractivity contribution < 1.29 is 9.59 Å². The predicted octanol–water partition coefficient (Wildman–Crippen LogP) is 2.85. The normalized spacial score (nSPS) is 15.4. The fourth-order valence-electron chi connectivity index (χ4n) is 2.51. The molecule has 1 aliphatic rings. The number of aryl methyl sites for hydroxylation is 1. The van der Waals surface area contributed by atoms with Crippen LogP contribution in [0, 0.1) is 23.7 Å². The van der Waals surface area contributed by atoms with Crippen LogP contribution in [0.3, 0.4) is 0 Å². The van der Waals surface area contributed by atoms with Gasteiger partial charge in [-0.1, -0.05) is 15.9 Å². The number of halogens is 1. The summed E-state index contributed by atoms with van der Waals surface area (Å²) in [5.41, 5.74) is 0.736. The molecular formula is C16H18BrN3O2. The van der Waals surface area contributed by atoms with E-state index in [1.165, 1.54) is 4.90 Å². The largest absolute Gasteiger partial charge is 0.335 e. The smallest absolute Gasteiger partial charge is 0.243 e. The quantitative estimate of drug-likeness (QED) is 0.893. The number of likely N-dealkylation sites (N-methyl/N-ethyl adjacent to an activating group) is 1. The lowest BCUT2D eigenvalue weighted by Gasteiger charge is -2.36. The molecule has 5 nitrogen and oxygen atoms in total. The Kier molecular flexibility index (Phi) is 4.87. The van der Waals surface area contributed by atoms with Crippen molar-refractivity contribution in [3.63, 3.8) is 0 Å². The van der Waals surface area contributed by atoms with Crippen molar-refractivity contribution >= 4 is 33.4 Å². The molecule has 22 heavy (non-hydrogen) atoms. The third kappa shape index (κ3) is 3.30. The minimum absolute atomic E-state index is 0.0578. The Hall–Kier alpha value is -1.87. The molecule has 1 N–H and O–H groups in total. The standard InChI is InChI=1S/C16H18BrN3O2/c1-11-8-12(17)4-5-13(11)19-14(21)9-20(2)15(22)16(10-18)6-3-7-16/h4-5,8H,3,6-7,9H2,1-2H3,(H,19,21). The van der Waals surface area contributed by atoms with Gasteiger partial charge in [0.2, 0.25) is 11.8 Å². The first-order chi connectivity index (χ1) is 10.4. The Morgan fingerprint density at radius 1 is 1.45 bits per heavy atom. The number of rotatable bonds is 4. The number of hydrogen-bond donors (Lipinski definition) is 1. The average Bonchev–Trinajstić information content (AvgIpc) is 2.41. The van der Waals surface area contributed by atoms with Crippen molar-refractivity contribution in [3.05, 3.63) is 28.2 Å².